The van der Waals surface area contributed by atoms with Gasteiger partial charge in [0, 0.05) is 31.1 Å². The lowest BCUT2D eigenvalue weighted by atomic mass is 10.1. The number of likely N-dealkylation sites (N-methyl/N-ethyl adjacent to an activating group) is 1. The van der Waals surface area contributed by atoms with Crippen molar-refractivity contribution in [3.8, 4) is 5.75 Å². The summed E-state index contributed by atoms with van der Waals surface area (Å²) >= 11 is 0. The van der Waals surface area contributed by atoms with Crippen LogP contribution in [0.25, 0.3) is 0 Å². The first-order valence-corrected chi connectivity index (χ1v) is 8.34. The fourth-order valence-corrected chi connectivity index (χ4v) is 3.38. The van der Waals surface area contributed by atoms with E-state index in [4.69, 9.17) is 19.4 Å². The average molecular weight is 350 g/mol. The number of hydrogen-bond donors (Lipinski definition) is 1. The molecule has 0 aromatic heterocycles. The highest BCUT2D eigenvalue weighted by Gasteiger charge is 2.33. The van der Waals surface area contributed by atoms with Crippen LogP contribution in [-0.2, 0) is 20.7 Å². The van der Waals surface area contributed by atoms with E-state index in [0.29, 0.717) is 25.0 Å². The van der Waals surface area contributed by atoms with E-state index in [9.17, 15) is 4.79 Å². The first-order valence-electron chi connectivity index (χ1n) is 8.34. The van der Waals surface area contributed by atoms with Crippen LogP contribution in [0.3, 0.4) is 0 Å². The molecule has 0 aliphatic carbocycles. The van der Waals surface area contributed by atoms with E-state index in [2.05, 4.69) is 11.9 Å². The Labute approximate surface area is 148 Å². The summed E-state index contributed by atoms with van der Waals surface area (Å²) in [5, 5.41) is 6.89. The quantitative estimate of drug-likeness (QED) is 0.810. The largest absolute Gasteiger partial charge is 0.496 e. The SMILES string of the molecule is COc1ccccc1CC(=O)N1C[C@@H]2COC[C@H](C1)N(C)C2.O=CO. The molecule has 7 heteroatoms. The molecule has 3 rings (SSSR count). The zero-order chi connectivity index (χ0) is 18.2. The highest BCUT2D eigenvalue weighted by Crippen LogP contribution is 2.22. The summed E-state index contributed by atoms with van der Waals surface area (Å²) in [6.07, 6.45) is 0.397. The minimum Gasteiger partial charge on any atom is -0.496 e. The molecule has 138 valence electrons. The zero-order valence-electron chi connectivity index (χ0n) is 14.8. The average Bonchev–Trinajstić information content (AvgIpc) is 2.84. The van der Waals surface area contributed by atoms with E-state index in [1.54, 1.807) is 7.11 Å². The van der Waals surface area contributed by atoms with Crippen molar-refractivity contribution in [2.24, 2.45) is 5.92 Å². The Morgan fingerprint density at radius 3 is 2.76 bits per heavy atom. The van der Waals surface area contributed by atoms with Crippen LogP contribution in [0, 0.1) is 5.92 Å². The van der Waals surface area contributed by atoms with Crippen molar-refractivity contribution >= 4 is 12.4 Å². The summed E-state index contributed by atoms with van der Waals surface area (Å²) in [7, 11) is 3.77. The molecule has 2 fully saturated rings. The number of amides is 1. The van der Waals surface area contributed by atoms with Gasteiger partial charge >= 0.3 is 0 Å². The number of fused-ring (bicyclic) bond motifs is 3. The number of carbonyl (C=O) groups is 2. The summed E-state index contributed by atoms with van der Waals surface area (Å²) in [5.41, 5.74) is 0.953. The van der Waals surface area contributed by atoms with Gasteiger partial charge in [-0.2, -0.15) is 0 Å². The number of hydrogen-bond acceptors (Lipinski definition) is 5. The van der Waals surface area contributed by atoms with Crippen LogP contribution in [0.4, 0.5) is 0 Å². The van der Waals surface area contributed by atoms with Gasteiger partial charge in [0.15, 0.2) is 0 Å². The van der Waals surface area contributed by atoms with E-state index in [0.717, 1.165) is 37.6 Å². The molecule has 0 spiro atoms. The lowest BCUT2D eigenvalue weighted by Crippen LogP contribution is -2.45. The van der Waals surface area contributed by atoms with Crippen LogP contribution in [0.5, 0.6) is 5.75 Å². The second kappa shape index (κ2) is 9.39. The molecular weight excluding hydrogens is 324 g/mol. The molecule has 1 N–H and O–H groups in total. The Morgan fingerprint density at radius 1 is 1.32 bits per heavy atom. The van der Waals surface area contributed by atoms with Crippen molar-refractivity contribution in [2.45, 2.75) is 12.5 Å². The number of rotatable bonds is 3. The zero-order valence-corrected chi connectivity index (χ0v) is 14.8. The van der Waals surface area contributed by atoms with Gasteiger partial charge in [-0.1, -0.05) is 18.2 Å². The standard InChI is InChI=1S/C17H24N2O3.CH2O2/c1-18-8-13-9-19(10-15(18)12-22-11-13)17(20)7-14-5-3-4-6-16(14)21-2;2-1-3/h3-6,13,15H,7-12H2,1-2H3;1H,(H,2,3)/t13-,15+;/m1./s1. The van der Waals surface area contributed by atoms with Crippen molar-refractivity contribution in [2.75, 3.05) is 47.0 Å². The first-order chi connectivity index (χ1) is 12.1. The molecule has 1 aromatic rings. The van der Waals surface area contributed by atoms with Crippen molar-refractivity contribution in [1.82, 2.24) is 9.80 Å². The molecule has 1 aromatic carbocycles. The summed E-state index contributed by atoms with van der Waals surface area (Å²) in [4.78, 5) is 25.4. The monoisotopic (exact) mass is 350 g/mol. The van der Waals surface area contributed by atoms with Crippen molar-refractivity contribution in [3.05, 3.63) is 29.8 Å². The Balaban J connectivity index is 0.000000701. The van der Waals surface area contributed by atoms with Gasteiger partial charge in [-0.25, -0.2) is 0 Å². The van der Waals surface area contributed by atoms with Gasteiger partial charge in [0.2, 0.25) is 5.91 Å². The van der Waals surface area contributed by atoms with Gasteiger partial charge in [0.05, 0.1) is 32.8 Å². The molecule has 0 saturated carbocycles. The summed E-state index contributed by atoms with van der Waals surface area (Å²) < 4.78 is 11.1. The Bertz CT molecular complexity index is 580. The van der Waals surface area contributed by atoms with Gasteiger partial charge in [-0.3, -0.25) is 14.5 Å². The fourth-order valence-electron chi connectivity index (χ4n) is 3.38. The molecule has 25 heavy (non-hydrogen) atoms. The number of carbonyl (C=O) groups excluding carboxylic acids is 1. The molecule has 1 amide bonds. The maximum absolute atomic E-state index is 12.7. The maximum atomic E-state index is 12.7. The normalized spacial score (nSPS) is 23.0. The molecule has 2 saturated heterocycles. The predicted octanol–water partition coefficient (Wildman–Crippen LogP) is 0.728. The van der Waals surface area contributed by atoms with E-state index in [-0.39, 0.29) is 12.4 Å². The number of nitrogens with zero attached hydrogens (tertiary/aromatic N) is 2. The minimum absolute atomic E-state index is 0.178. The Morgan fingerprint density at radius 2 is 2.04 bits per heavy atom. The number of para-hydroxylation sites is 1. The molecule has 7 nitrogen and oxygen atoms in total. The molecule has 2 heterocycles. The molecule has 2 bridgehead atoms. The van der Waals surface area contributed by atoms with Crippen LogP contribution >= 0.6 is 0 Å². The smallest absolute Gasteiger partial charge is 0.290 e. The second-order valence-electron chi connectivity index (χ2n) is 6.39. The van der Waals surface area contributed by atoms with E-state index < -0.39 is 0 Å². The van der Waals surface area contributed by atoms with E-state index in [1.807, 2.05) is 29.2 Å². The third kappa shape index (κ3) is 5.17. The van der Waals surface area contributed by atoms with Crippen molar-refractivity contribution in [3.63, 3.8) is 0 Å². The predicted molar refractivity (Wildman–Crippen MR) is 92.7 cm³/mol. The summed E-state index contributed by atoms with van der Waals surface area (Å²) in [6, 6.07) is 8.04. The second-order valence-corrected chi connectivity index (χ2v) is 6.39. The highest BCUT2D eigenvalue weighted by molar-refractivity contribution is 5.79. The number of carboxylic acid groups (broad SMARTS) is 1. The van der Waals surface area contributed by atoms with Gasteiger partial charge in [-0.05, 0) is 13.1 Å². The van der Waals surface area contributed by atoms with Gasteiger partial charge in [0.25, 0.3) is 6.47 Å². The van der Waals surface area contributed by atoms with Crippen LogP contribution in [0.15, 0.2) is 24.3 Å². The van der Waals surface area contributed by atoms with Crippen LogP contribution < -0.4 is 4.74 Å². The van der Waals surface area contributed by atoms with Crippen molar-refractivity contribution in [1.29, 1.82) is 0 Å². The topological polar surface area (TPSA) is 79.3 Å². The third-order valence-electron chi connectivity index (χ3n) is 4.63. The fraction of sp³-hybridized carbons (Fsp3) is 0.556. The minimum atomic E-state index is -0.250. The summed E-state index contributed by atoms with van der Waals surface area (Å²) in [6.45, 7) is 3.75. The molecule has 0 radical (unpaired) electrons. The van der Waals surface area contributed by atoms with Crippen LogP contribution in [0.2, 0.25) is 0 Å². The number of methoxy groups -OCH3 is 1. The Kier molecular flexibility index (Phi) is 7.21. The van der Waals surface area contributed by atoms with Gasteiger partial charge in [0.1, 0.15) is 5.75 Å². The molecular formula is C18H26N2O5. The highest BCUT2D eigenvalue weighted by atomic mass is 16.5. The van der Waals surface area contributed by atoms with Crippen LogP contribution in [0.1, 0.15) is 5.56 Å². The molecule has 2 aliphatic heterocycles. The van der Waals surface area contributed by atoms with E-state index >= 15 is 0 Å². The van der Waals surface area contributed by atoms with Gasteiger partial charge in [-0.15, -0.1) is 0 Å². The first kappa shape index (κ1) is 19.2. The molecule has 0 unspecified atom stereocenters. The lowest BCUT2D eigenvalue weighted by Gasteiger charge is -2.30. The third-order valence-corrected chi connectivity index (χ3v) is 4.63. The van der Waals surface area contributed by atoms with E-state index in [1.165, 1.54) is 0 Å². The lowest BCUT2D eigenvalue weighted by molar-refractivity contribution is -0.132. The maximum Gasteiger partial charge on any atom is 0.290 e. The molecule has 2 aliphatic rings. The number of benzene rings is 1. The van der Waals surface area contributed by atoms with Crippen LogP contribution in [-0.4, -0.2) is 80.3 Å². The number of ether oxygens (including phenoxy) is 2. The van der Waals surface area contributed by atoms with Crippen molar-refractivity contribution < 1.29 is 24.2 Å². The molecule has 2 atom stereocenters. The Hall–Kier alpha value is -2.12. The van der Waals surface area contributed by atoms with Gasteiger partial charge < -0.3 is 19.5 Å². The summed E-state index contributed by atoms with van der Waals surface area (Å²) in [5.74, 6) is 1.36.